The van der Waals surface area contributed by atoms with Gasteiger partial charge in [0.2, 0.25) is 5.91 Å². The summed E-state index contributed by atoms with van der Waals surface area (Å²) >= 11 is 0. The number of nitrogens with zero attached hydrogens (tertiary/aromatic N) is 1. The summed E-state index contributed by atoms with van der Waals surface area (Å²) < 4.78 is 0. The molecular formula is C16H24N2O. The molecule has 2 N–H and O–H groups in total. The molecule has 1 aliphatic rings. The van der Waals surface area contributed by atoms with Crippen molar-refractivity contribution in [1.29, 1.82) is 0 Å². The number of aryl methyl sites for hydroxylation is 1. The minimum absolute atomic E-state index is 0.212. The quantitative estimate of drug-likeness (QED) is 0.904. The molecule has 0 bridgehead atoms. The van der Waals surface area contributed by atoms with Gasteiger partial charge in [0.05, 0.1) is 0 Å². The number of amides is 1. The first-order valence-electron chi connectivity index (χ1n) is 7.23. The maximum atomic E-state index is 12.1. The van der Waals surface area contributed by atoms with Crippen LogP contribution < -0.4 is 5.73 Å². The van der Waals surface area contributed by atoms with Crippen molar-refractivity contribution in [2.24, 2.45) is 5.73 Å². The lowest BCUT2D eigenvalue weighted by atomic mass is 9.90. The first-order valence-corrected chi connectivity index (χ1v) is 7.23. The van der Waals surface area contributed by atoms with Crippen LogP contribution in [0.4, 0.5) is 0 Å². The van der Waals surface area contributed by atoms with Crippen LogP contribution in [0, 0.1) is 6.92 Å². The summed E-state index contributed by atoms with van der Waals surface area (Å²) in [6, 6.07) is 9.07. The van der Waals surface area contributed by atoms with Crippen molar-refractivity contribution in [3.8, 4) is 0 Å². The maximum Gasteiger partial charge on any atom is 0.224 e. The molecule has 19 heavy (non-hydrogen) atoms. The lowest BCUT2D eigenvalue weighted by molar-refractivity contribution is -0.131. The summed E-state index contributed by atoms with van der Waals surface area (Å²) in [7, 11) is 0. The zero-order chi connectivity index (χ0) is 13.8. The van der Waals surface area contributed by atoms with E-state index in [2.05, 4.69) is 38.1 Å². The van der Waals surface area contributed by atoms with Gasteiger partial charge in [0.15, 0.2) is 0 Å². The van der Waals surface area contributed by atoms with Crippen LogP contribution in [0.25, 0.3) is 0 Å². The zero-order valence-electron chi connectivity index (χ0n) is 11.9. The summed E-state index contributed by atoms with van der Waals surface area (Å²) in [5.41, 5.74) is 8.14. The van der Waals surface area contributed by atoms with E-state index in [4.69, 9.17) is 5.73 Å². The van der Waals surface area contributed by atoms with Crippen LogP contribution in [0.2, 0.25) is 0 Å². The number of likely N-dealkylation sites (tertiary alicyclic amines) is 1. The van der Waals surface area contributed by atoms with E-state index in [1.54, 1.807) is 0 Å². The molecule has 2 rings (SSSR count). The molecule has 0 radical (unpaired) electrons. The second-order valence-electron chi connectivity index (χ2n) is 5.41. The number of hydrogen-bond acceptors (Lipinski definition) is 2. The molecule has 3 nitrogen and oxygen atoms in total. The van der Waals surface area contributed by atoms with E-state index in [0.29, 0.717) is 24.9 Å². The third-order valence-electron chi connectivity index (χ3n) is 4.15. The molecule has 0 unspecified atom stereocenters. The van der Waals surface area contributed by atoms with Gasteiger partial charge in [0.1, 0.15) is 0 Å². The number of hydrogen-bond donors (Lipinski definition) is 1. The Bertz CT molecular complexity index is 427. The minimum atomic E-state index is 0.212. The molecule has 0 aromatic heterocycles. The Morgan fingerprint density at radius 2 is 2.05 bits per heavy atom. The summed E-state index contributed by atoms with van der Waals surface area (Å²) in [4.78, 5) is 14.1. The molecule has 1 fully saturated rings. The Morgan fingerprint density at radius 1 is 1.37 bits per heavy atom. The molecule has 104 valence electrons. The van der Waals surface area contributed by atoms with Crippen LogP contribution in [0.15, 0.2) is 24.3 Å². The second kappa shape index (κ2) is 6.20. The summed E-state index contributed by atoms with van der Waals surface area (Å²) in [5.74, 6) is 0.691. The fourth-order valence-electron chi connectivity index (χ4n) is 3.14. The van der Waals surface area contributed by atoms with E-state index in [1.165, 1.54) is 11.1 Å². The van der Waals surface area contributed by atoms with Crippen LogP contribution in [0.5, 0.6) is 0 Å². The highest BCUT2D eigenvalue weighted by atomic mass is 16.2. The van der Waals surface area contributed by atoms with Gasteiger partial charge in [-0.1, -0.05) is 36.8 Å². The highest BCUT2D eigenvalue weighted by Gasteiger charge is 2.35. The number of nitrogens with two attached hydrogens (primary N) is 1. The molecule has 1 heterocycles. The van der Waals surface area contributed by atoms with Gasteiger partial charge in [-0.2, -0.15) is 0 Å². The van der Waals surface area contributed by atoms with Crippen molar-refractivity contribution in [1.82, 2.24) is 4.90 Å². The molecular weight excluding hydrogens is 236 g/mol. The van der Waals surface area contributed by atoms with Crippen LogP contribution >= 0.6 is 0 Å². The third kappa shape index (κ3) is 2.98. The van der Waals surface area contributed by atoms with Gasteiger partial charge in [-0.15, -0.1) is 0 Å². The molecule has 1 aromatic rings. The van der Waals surface area contributed by atoms with Gasteiger partial charge in [-0.05, 0) is 25.3 Å². The van der Waals surface area contributed by atoms with Crippen LogP contribution in [-0.4, -0.2) is 29.9 Å². The summed E-state index contributed by atoms with van der Waals surface area (Å²) in [5, 5.41) is 0. The standard InChI is InChI=1S/C16H24N2O/c1-3-15-14(13-6-4-12(2)5-7-13)9-11-18(15)16(19)8-10-17/h4-7,14-15H,3,8-11,17H2,1-2H3/t14-,15+/m0/s1. The molecule has 0 saturated carbocycles. The van der Waals surface area contributed by atoms with E-state index in [9.17, 15) is 4.79 Å². The number of carbonyl (C=O) groups is 1. The van der Waals surface area contributed by atoms with Crippen molar-refractivity contribution in [3.63, 3.8) is 0 Å². The van der Waals surface area contributed by atoms with Crippen molar-refractivity contribution >= 4 is 5.91 Å². The smallest absolute Gasteiger partial charge is 0.224 e. The van der Waals surface area contributed by atoms with Crippen molar-refractivity contribution < 1.29 is 4.79 Å². The Balaban J connectivity index is 2.15. The SMILES string of the molecule is CC[C@@H]1[C@H](c2ccc(C)cc2)CCN1C(=O)CCN. The van der Waals surface area contributed by atoms with Gasteiger partial charge < -0.3 is 10.6 Å². The van der Waals surface area contributed by atoms with Gasteiger partial charge >= 0.3 is 0 Å². The van der Waals surface area contributed by atoms with Gasteiger partial charge in [-0.25, -0.2) is 0 Å². The zero-order valence-corrected chi connectivity index (χ0v) is 11.9. The molecule has 1 saturated heterocycles. The van der Waals surface area contributed by atoms with Gasteiger partial charge in [-0.3, -0.25) is 4.79 Å². The topological polar surface area (TPSA) is 46.3 Å². The van der Waals surface area contributed by atoms with Crippen molar-refractivity contribution in [2.45, 2.75) is 45.1 Å². The molecule has 3 heteroatoms. The third-order valence-corrected chi connectivity index (χ3v) is 4.15. The number of benzene rings is 1. The first-order chi connectivity index (χ1) is 9.17. The fourth-order valence-corrected chi connectivity index (χ4v) is 3.14. The predicted octanol–water partition coefficient (Wildman–Crippen LogP) is 2.44. The fraction of sp³-hybridized carbons (Fsp3) is 0.562. The Kier molecular flexibility index (Phi) is 4.59. The average molecular weight is 260 g/mol. The second-order valence-corrected chi connectivity index (χ2v) is 5.41. The largest absolute Gasteiger partial charge is 0.339 e. The molecule has 0 aliphatic carbocycles. The Morgan fingerprint density at radius 3 is 2.63 bits per heavy atom. The van der Waals surface area contributed by atoms with E-state index >= 15 is 0 Å². The minimum Gasteiger partial charge on any atom is -0.339 e. The number of carbonyl (C=O) groups excluding carboxylic acids is 1. The van der Waals surface area contributed by atoms with E-state index in [1.807, 2.05) is 4.90 Å². The highest BCUT2D eigenvalue weighted by Crippen LogP contribution is 2.35. The van der Waals surface area contributed by atoms with Crippen LogP contribution in [0.3, 0.4) is 0 Å². The molecule has 1 aromatic carbocycles. The van der Waals surface area contributed by atoms with E-state index in [-0.39, 0.29) is 5.91 Å². The van der Waals surface area contributed by atoms with Crippen LogP contribution in [-0.2, 0) is 4.79 Å². The van der Waals surface area contributed by atoms with Gasteiger partial charge in [0.25, 0.3) is 0 Å². The van der Waals surface area contributed by atoms with Crippen molar-refractivity contribution in [3.05, 3.63) is 35.4 Å². The van der Waals surface area contributed by atoms with E-state index < -0.39 is 0 Å². The molecule has 2 atom stereocenters. The molecule has 1 aliphatic heterocycles. The Labute approximate surface area is 115 Å². The van der Waals surface area contributed by atoms with E-state index in [0.717, 1.165) is 19.4 Å². The average Bonchev–Trinajstić information content (AvgIpc) is 2.83. The van der Waals surface area contributed by atoms with Crippen molar-refractivity contribution in [2.75, 3.05) is 13.1 Å². The summed E-state index contributed by atoms with van der Waals surface area (Å²) in [6.45, 7) is 5.59. The van der Waals surface area contributed by atoms with Gasteiger partial charge in [0, 0.05) is 31.5 Å². The monoisotopic (exact) mass is 260 g/mol. The Hall–Kier alpha value is -1.35. The first kappa shape index (κ1) is 14.1. The molecule has 1 amide bonds. The highest BCUT2D eigenvalue weighted by molar-refractivity contribution is 5.77. The maximum absolute atomic E-state index is 12.1. The number of rotatable bonds is 4. The lowest BCUT2D eigenvalue weighted by Gasteiger charge is -2.27. The lowest BCUT2D eigenvalue weighted by Crippen LogP contribution is -2.37. The van der Waals surface area contributed by atoms with Crippen LogP contribution in [0.1, 0.15) is 43.2 Å². The predicted molar refractivity (Wildman–Crippen MR) is 78.0 cm³/mol. The normalized spacial score (nSPS) is 22.8. The summed E-state index contributed by atoms with van der Waals surface area (Å²) in [6.07, 6.45) is 2.55. The molecule has 0 spiro atoms.